The number of hydrogen-bond donors (Lipinski definition) is 2. The van der Waals surface area contributed by atoms with E-state index in [1.807, 2.05) is 49.4 Å². The van der Waals surface area contributed by atoms with E-state index >= 15 is 0 Å². The van der Waals surface area contributed by atoms with Gasteiger partial charge in [-0.1, -0.05) is 41.9 Å². The van der Waals surface area contributed by atoms with Crippen molar-refractivity contribution in [2.24, 2.45) is 0 Å². The molecule has 5 heteroatoms. The molecular formula is C19H21ClN2O2. The SMILES string of the molecule is Cc1ccccc1C(=O)NCCC(=O)NCCc1ccc(Cl)cc1. The molecule has 0 aromatic heterocycles. The van der Waals surface area contributed by atoms with Gasteiger partial charge in [0, 0.05) is 30.1 Å². The Hall–Kier alpha value is -2.33. The fourth-order valence-corrected chi connectivity index (χ4v) is 2.42. The van der Waals surface area contributed by atoms with E-state index < -0.39 is 0 Å². The van der Waals surface area contributed by atoms with Crippen LogP contribution in [0.5, 0.6) is 0 Å². The maximum atomic E-state index is 12.0. The standard InChI is InChI=1S/C19H21ClN2O2/c1-14-4-2-3-5-17(14)19(24)22-13-11-18(23)21-12-10-15-6-8-16(20)9-7-15/h2-9H,10-13H2,1H3,(H,21,23)(H,22,24). The molecule has 0 atom stereocenters. The van der Waals surface area contributed by atoms with Gasteiger partial charge in [-0.3, -0.25) is 9.59 Å². The van der Waals surface area contributed by atoms with Crippen molar-refractivity contribution in [3.8, 4) is 0 Å². The minimum atomic E-state index is -0.151. The molecule has 4 nitrogen and oxygen atoms in total. The van der Waals surface area contributed by atoms with Crippen molar-refractivity contribution in [3.63, 3.8) is 0 Å². The Kier molecular flexibility index (Phi) is 6.82. The Balaban J connectivity index is 1.65. The van der Waals surface area contributed by atoms with E-state index in [2.05, 4.69) is 10.6 Å². The summed E-state index contributed by atoms with van der Waals surface area (Å²) in [6.45, 7) is 2.77. The molecule has 0 aliphatic carbocycles. The molecule has 0 aliphatic heterocycles. The molecule has 2 N–H and O–H groups in total. The van der Waals surface area contributed by atoms with E-state index in [0.29, 0.717) is 23.7 Å². The number of nitrogens with one attached hydrogen (secondary N) is 2. The Labute approximate surface area is 147 Å². The molecule has 2 amide bonds. The Morgan fingerprint density at radius 3 is 2.38 bits per heavy atom. The van der Waals surface area contributed by atoms with Crippen molar-refractivity contribution in [1.29, 1.82) is 0 Å². The lowest BCUT2D eigenvalue weighted by Crippen LogP contribution is -2.31. The molecule has 0 saturated carbocycles. The van der Waals surface area contributed by atoms with Crippen molar-refractivity contribution >= 4 is 23.4 Å². The second-order valence-electron chi connectivity index (χ2n) is 5.55. The fourth-order valence-electron chi connectivity index (χ4n) is 2.30. The van der Waals surface area contributed by atoms with Gasteiger partial charge in [0.25, 0.3) is 5.91 Å². The monoisotopic (exact) mass is 344 g/mol. The second-order valence-corrected chi connectivity index (χ2v) is 5.98. The summed E-state index contributed by atoms with van der Waals surface area (Å²) in [5.41, 5.74) is 2.68. The van der Waals surface area contributed by atoms with Crippen molar-refractivity contribution in [1.82, 2.24) is 10.6 Å². The van der Waals surface area contributed by atoms with Crippen LogP contribution in [0.15, 0.2) is 48.5 Å². The molecule has 2 aromatic carbocycles. The lowest BCUT2D eigenvalue weighted by molar-refractivity contribution is -0.120. The number of hydrogen-bond acceptors (Lipinski definition) is 2. The van der Waals surface area contributed by atoms with E-state index in [1.165, 1.54) is 0 Å². The van der Waals surface area contributed by atoms with Gasteiger partial charge in [0.1, 0.15) is 0 Å². The zero-order valence-corrected chi connectivity index (χ0v) is 14.4. The number of rotatable bonds is 7. The lowest BCUT2D eigenvalue weighted by atomic mass is 10.1. The minimum absolute atomic E-state index is 0.0750. The van der Waals surface area contributed by atoms with Crippen LogP contribution in [0.2, 0.25) is 5.02 Å². The predicted molar refractivity (Wildman–Crippen MR) is 96.3 cm³/mol. The van der Waals surface area contributed by atoms with E-state index in [0.717, 1.165) is 17.5 Å². The molecule has 2 aromatic rings. The van der Waals surface area contributed by atoms with Crippen LogP contribution in [0.25, 0.3) is 0 Å². The first-order chi connectivity index (χ1) is 11.6. The first-order valence-electron chi connectivity index (χ1n) is 7.91. The fraction of sp³-hybridized carbons (Fsp3) is 0.263. The van der Waals surface area contributed by atoms with Crippen LogP contribution in [-0.4, -0.2) is 24.9 Å². The van der Waals surface area contributed by atoms with Crippen LogP contribution in [-0.2, 0) is 11.2 Å². The number of carbonyl (C=O) groups is 2. The summed E-state index contributed by atoms with van der Waals surface area (Å²) in [6, 6.07) is 14.9. The highest BCUT2D eigenvalue weighted by Crippen LogP contribution is 2.09. The summed E-state index contributed by atoms with van der Waals surface area (Å²) < 4.78 is 0. The largest absolute Gasteiger partial charge is 0.356 e. The normalized spacial score (nSPS) is 10.2. The topological polar surface area (TPSA) is 58.2 Å². The lowest BCUT2D eigenvalue weighted by Gasteiger charge is -2.08. The third-order valence-electron chi connectivity index (χ3n) is 3.68. The summed E-state index contributed by atoms with van der Waals surface area (Å²) in [5, 5.41) is 6.32. The Morgan fingerprint density at radius 2 is 1.67 bits per heavy atom. The quantitative estimate of drug-likeness (QED) is 0.810. The third kappa shape index (κ3) is 5.70. The summed E-state index contributed by atoms with van der Waals surface area (Å²) >= 11 is 5.83. The number of amides is 2. The summed E-state index contributed by atoms with van der Waals surface area (Å²) in [7, 11) is 0. The van der Waals surface area contributed by atoms with Gasteiger partial charge >= 0.3 is 0 Å². The molecule has 24 heavy (non-hydrogen) atoms. The average Bonchev–Trinajstić information content (AvgIpc) is 2.57. The zero-order chi connectivity index (χ0) is 17.4. The Morgan fingerprint density at radius 1 is 0.958 bits per heavy atom. The molecule has 0 unspecified atom stereocenters. The van der Waals surface area contributed by atoms with Gasteiger partial charge in [-0.15, -0.1) is 0 Å². The average molecular weight is 345 g/mol. The number of carbonyl (C=O) groups excluding carboxylic acids is 2. The number of aryl methyl sites for hydroxylation is 1. The van der Waals surface area contributed by atoms with Crippen LogP contribution >= 0.6 is 11.6 Å². The smallest absolute Gasteiger partial charge is 0.251 e. The van der Waals surface area contributed by atoms with Crippen LogP contribution < -0.4 is 10.6 Å². The third-order valence-corrected chi connectivity index (χ3v) is 3.93. The number of benzene rings is 2. The van der Waals surface area contributed by atoms with Gasteiger partial charge in [0.05, 0.1) is 0 Å². The predicted octanol–water partition coefficient (Wildman–Crippen LogP) is 3.13. The molecule has 126 valence electrons. The highest BCUT2D eigenvalue weighted by atomic mass is 35.5. The molecule has 0 heterocycles. The van der Waals surface area contributed by atoms with Gasteiger partial charge in [-0.05, 0) is 42.7 Å². The van der Waals surface area contributed by atoms with Crippen LogP contribution in [0.3, 0.4) is 0 Å². The second kappa shape index (κ2) is 9.08. The molecule has 2 rings (SSSR count). The van der Waals surface area contributed by atoms with Gasteiger partial charge in [-0.25, -0.2) is 0 Å². The summed E-state index contributed by atoms with van der Waals surface area (Å²) in [4.78, 5) is 23.8. The van der Waals surface area contributed by atoms with Crippen molar-refractivity contribution in [3.05, 3.63) is 70.2 Å². The molecule has 0 bridgehead atoms. The molecular weight excluding hydrogens is 324 g/mol. The first kappa shape index (κ1) is 18.0. The highest BCUT2D eigenvalue weighted by molar-refractivity contribution is 6.30. The van der Waals surface area contributed by atoms with Crippen molar-refractivity contribution in [2.45, 2.75) is 19.8 Å². The molecule has 0 saturated heterocycles. The van der Waals surface area contributed by atoms with E-state index in [9.17, 15) is 9.59 Å². The minimum Gasteiger partial charge on any atom is -0.356 e. The maximum absolute atomic E-state index is 12.0. The zero-order valence-electron chi connectivity index (χ0n) is 13.6. The van der Waals surface area contributed by atoms with Crippen LogP contribution in [0, 0.1) is 6.92 Å². The maximum Gasteiger partial charge on any atom is 0.251 e. The molecule has 0 fully saturated rings. The van der Waals surface area contributed by atoms with E-state index in [1.54, 1.807) is 6.07 Å². The first-order valence-corrected chi connectivity index (χ1v) is 8.29. The highest BCUT2D eigenvalue weighted by Gasteiger charge is 2.08. The van der Waals surface area contributed by atoms with Crippen molar-refractivity contribution < 1.29 is 9.59 Å². The van der Waals surface area contributed by atoms with E-state index in [4.69, 9.17) is 11.6 Å². The van der Waals surface area contributed by atoms with Gasteiger partial charge in [0.15, 0.2) is 0 Å². The van der Waals surface area contributed by atoms with Gasteiger partial charge < -0.3 is 10.6 Å². The summed E-state index contributed by atoms with van der Waals surface area (Å²) in [5.74, 6) is -0.226. The van der Waals surface area contributed by atoms with Crippen LogP contribution in [0.4, 0.5) is 0 Å². The van der Waals surface area contributed by atoms with E-state index in [-0.39, 0.29) is 18.2 Å². The van der Waals surface area contributed by atoms with Gasteiger partial charge in [0.2, 0.25) is 5.91 Å². The molecule has 0 aliphatic rings. The number of halogens is 1. The molecule has 0 spiro atoms. The van der Waals surface area contributed by atoms with Crippen LogP contribution in [0.1, 0.15) is 27.9 Å². The molecule has 0 radical (unpaired) electrons. The van der Waals surface area contributed by atoms with Gasteiger partial charge in [-0.2, -0.15) is 0 Å². The summed E-state index contributed by atoms with van der Waals surface area (Å²) in [6.07, 6.45) is 1.01. The Bertz CT molecular complexity index is 699. The van der Waals surface area contributed by atoms with Crippen molar-refractivity contribution in [2.75, 3.05) is 13.1 Å².